The first-order chi connectivity index (χ1) is 11.3. The van der Waals surface area contributed by atoms with E-state index < -0.39 is 0 Å². The zero-order chi connectivity index (χ0) is 17.9. The lowest BCUT2D eigenvalue weighted by molar-refractivity contribution is -0.138. The Morgan fingerprint density at radius 2 is 1.83 bits per heavy atom. The number of halogens is 1. The average molecular weight is 348 g/mol. The summed E-state index contributed by atoms with van der Waals surface area (Å²) in [6, 6.07) is 7.94. The van der Waals surface area contributed by atoms with Gasteiger partial charge in [-0.2, -0.15) is 0 Å². The summed E-state index contributed by atoms with van der Waals surface area (Å²) in [4.78, 5) is 11.3. The van der Waals surface area contributed by atoms with Crippen molar-refractivity contribution in [3.8, 4) is 11.5 Å². The number of ether oxygens (including phenoxy) is 2. The smallest absolute Gasteiger partial charge is 0.325 e. The van der Waals surface area contributed by atoms with Gasteiger partial charge in [0.1, 0.15) is 18.0 Å². The normalized spacial score (nSPS) is 10.4. The summed E-state index contributed by atoms with van der Waals surface area (Å²) in [7, 11) is 1.36. The van der Waals surface area contributed by atoms with Crippen LogP contribution in [0, 0.1) is 27.7 Å². The topological polar surface area (TPSA) is 47.6 Å². The van der Waals surface area contributed by atoms with E-state index in [0.717, 1.165) is 28.1 Å². The Bertz CT molecular complexity index is 772. The molecule has 0 saturated heterocycles. The SMILES string of the molecule is COC(=O)CNc1cc(C)c(Oc2ccc(C)cc2C)c(Cl)c1C. The van der Waals surface area contributed by atoms with Crippen LogP contribution in [-0.2, 0) is 9.53 Å². The van der Waals surface area contributed by atoms with Gasteiger partial charge in [0, 0.05) is 5.69 Å². The third-order valence-electron chi connectivity index (χ3n) is 3.84. The van der Waals surface area contributed by atoms with E-state index >= 15 is 0 Å². The molecule has 128 valence electrons. The van der Waals surface area contributed by atoms with Crippen molar-refractivity contribution in [2.45, 2.75) is 27.7 Å². The lowest BCUT2D eigenvalue weighted by Crippen LogP contribution is -2.15. The number of hydrogen-bond donors (Lipinski definition) is 1. The minimum absolute atomic E-state index is 0.0877. The van der Waals surface area contributed by atoms with Crippen LogP contribution in [0.4, 0.5) is 5.69 Å². The van der Waals surface area contributed by atoms with Gasteiger partial charge in [-0.25, -0.2) is 0 Å². The number of rotatable bonds is 5. The van der Waals surface area contributed by atoms with E-state index in [4.69, 9.17) is 16.3 Å². The van der Waals surface area contributed by atoms with Crippen LogP contribution in [0.5, 0.6) is 11.5 Å². The van der Waals surface area contributed by atoms with Crippen molar-refractivity contribution in [1.82, 2.24) is 0 Å². The van der Waals surface area contributed by atoms with Gasteiger partial charge in [-0.15, -0.1) is 0 Å². The minimum Gasteiger partial charge on any atom is -0.468 e. The molecule has 0 fully saturated rings. The van der Waals surface area contributed by atoms with Crippen LogP contribution in [0.3, 0.4) is 0 Å². The summed E-state index contributed by atoms with van der Waals surface area (Å²) in [5.41, 5.74) is 4.73. The number of nitrogens with one attached hydrogen (secondary N) is 1. The van der Waals surface area contributed by atoms with Gasteiger partial charge in [-0.05, 0) is 56.5 Å². The second-order valence-corrected chi connectivity index (χ2v) is 6.19. The summed E-state index contributed by atoms with van der Waals surface area (Å²) >= 11 is 6.51. The third kappa shape index (κ3) is 4.01. The summed E-state index contributed by atoms with van der Waals surface area (Å²) in [6.45, 7) is 7.94. The monoisotopic (exact) mass is 347 g/mol. The fourth-order valence-corrected chi connectivity index (χ4v) is 2.71. The van der Waals surface area contributed by atoms with Crippen LogP contribution in [0.2, 0.25) is 5.02 Å². The highest BCUT2D eigenvalue weighted by atomic mass is 35.5. The van der Waals surface area contributed by atoms with Crippen molar-refractivity contribution in [2.24, 2.45) is 0 Å². The number of benzene rings is 2. The van der Waals surface area contributed by atoms with Crippen LogP contribution < -0.4 is 10.1 Å². The van der Waals surface area contributed by atoms with Crippen molar-refractivity contribution >= 4 is 23.3 Å². The maximum absolute atomic E-state index is 11.3. The van der Waals surface area contributed by atoms with E-state index in [1.807, 2.05) is 45.9 Å². The molecule has 2 aromatic carbocycles. The maximum atomic E-state index is 11.3. The molecule has 0 bridgehead atoms. The van der Waals surface area contributed by atoms with Crippen molar-refractivity contribution in [1.29, 1.82) is 0 Å². The molecular formula is C19H22ClNO3. The molecule has 24 heavy (non-hydrogen) atoms. The Hall–Kier alpha value is -2.20. The maximum Gasteiger partial charge on any atom is 0.325 e. The Kier molecular flexibility index (Phi) is 5.73. The molecule has 1 N–H and O–H groups in total. The first kappa shape index (κ1) is 18.1. The molecule has 0 radical (unpaired) electrons. The number of carbonyl (C=O) groups excluding carboxylic acids is 1. The van der Waals surface area contributed by atoms with Gasteiger partial charge in [-0.1, -0.05) is 29.3 Å². The highest BCUT2D eigenvalue weighted by Crippen LogP contribution is 2.39. The van der Waals surface area contributed by atoms with E-state index in [2.05, 4.69) is 16.1 Å². The molecule has 2 aromatic rings. The molecular weight excluding hydrogens is 326 g/mol. The van der Waals surface area contributed by atoms with Gasteiger partial charge in [0.05, 0.1) is 12.1 Å². The molecule has 0 aliphatic rings. The number of esters is 1. The van der Waals surface area contributed by atoms with Crippen LogP contribution >= 0.6 is 11.6 Å². The van der Waals surface area contributed by atoms with Crippen LogP contribution in [0.15, 0.2) is 24.3 Å². The molecule has 0 aliphatic carbocycles. The number of aryl methyl sites for hydroxylation is 3. The fraction of sp³-hybridized carbons (Fsp3) is 0.316. The predicted octanol–water partition coefficient (Wildman–Crippen LogP) is 4.95. The molecule has 0 amide bonds. The molecule has 5 heteroatoms. The van der Waals surface area contributed by atoms with Gasteiger partial charge >= 0.3 is 5.97 Å². The van der Waals surface area contributed by atoms with E-state index in [-0.39, 0.29) is 12.5 Å². The molecule has 0 aliphatic heterocycles. The summed E-state index contributed by atoms with van der Waals surface area (Å²) in [5, 5.41) is 3.57. The zero-order valence-electron chi connectivity index (χ0n) is 14.6. The Balaban J connectivity index is 2.31. The Morgan fingerprint density at radius 1 is 1.12 bits per heavy atom. The second kappa shape index (κ2) is 7.58. The summed E-state index contributed by atoms with van der Waals surface area (Å²) in [5.74, 6) is 1.07. The first-order valence-electron chi connectivity index (χ1n) is 7.69. The van der Waals surface area contributed by atoms with Gasteiger partial charge in [0.25, 0.3) is 0 Å². The van der Waals surface area contributed by atoms with Crippen molar-refractivity contribution in [2.75, 3.05) is 19.0 Å². The first-order valence-corrected chi connectivity index (χ1v) is 8.06. The van der Waals surface area contributed by atoms with Gasteiger partial charge in [0.2, 0.25) is 0 Å². The quantitative estimate of drug-likeness (QED) is 0.777. The number of hydrogen-bond acceptors (Lipinski definition) is 4. The molecule has 2 rings (SSSR count). The van der Waals surface area contributed by atoms with Crippen LogP contribution in [0.25, 0.3) is 0 Å². The second-order valence-electron chi connectivity index (χ2n) is 5.81. The van der Waals surface area contributed by atoms with Crippen LogP contribution in [0.1, 0.15) is 22.3 Å². The largest absolute Gasteiger partial charge is 0.468 e. The number of methoxy groups -OCH3 is 1. The molecule has 0 aromatic heterocycles. The summed E-state index contributed by atoms with van der Waals surface area (Å²) in [6.07, 6.45) is 0. The van der Waals surface area contributed by atoms with Crippen molar-refractivity contribution in [3.63, 3.8) is 0 Å². The zero-order valence-corrected chi connectivity index (χ0v) is 15.4. The Labute approximate surface area is 147 Å². The van der Waals surface area contributed by atoms with Crippen molar-refractivity contribution in [3.05, 3.63) is 51.5 Å². The van der Waals surface area contributed by atoms with Crippen LogP contribution in [-0.4, -0.2) is 19.6 Å². The van der Waals surface area contributed by atoms with Gasteiger partial charge < -0.3 is 14.8 Å². The minimum atomic E-state index is -0.334. The number of carbonyl (C=O) groups is 1. The highest BCUT2D eigenvalue weighted by Gasteiger charge is 2.15. The predicted molar refractivity (Wildman–Crippen MR) is 97.4 cm³/mol. The summed E-state index contributed by atoms with van der Waals surface area (Å²) < 4.78 is 10.7. The molecule has 0 unspecified atom stereocenters. The molecule has 0 spiro atoms. The average Bonchev–Trinajstić information content (AvgIpc) is 2.55. The van der Waals surface area contributed by atoms with E-state index in [0.29, 0.717) is 10.8 Å². The fourth-order valence-electron chi connectivity index (χ4n) is 2.42. The molecule has 0 saturated carbocycles. The molecule has 0 atom stereocenters. The van der Waals surface area contributed by atoms with Gasteiger partial charge in [0.15, 0.2) is 0 Å². The molecule has 0 heterocycles. The van der Waals surface area contributed by atoms with E-state index in [1.54, 1.807) is 0 Å². The third-order valence-corrected chi connectivity index (χ3v) is 4.30. The Morgan fingerprint density at radius 3 is 2.46 bits per heavy atom. The standard InChI is InChI=1S/C19H22ClNO3/c1-11-6-7-16(12(2)8-11)24-19-13(3)9-15(14(4)18(19)20)21-10-17(22)23-5/h6-9,21H,10H2,1-5H3. The lowest BCUT2D eigenvalue weighted by Gasteiger charge is -2.17. The van der Waals surface area contributed by atoms with Crippen molar-refractivity contribution < 1.29 is 14.3 Å². The lowest BCUT2D eigenvalue weighted by atomic mass is 10.1. The number of anilines is 1. The molecule has 4 nitrogen and oxygen atoms in total. The highest BCUT2D eigenvalue weighted by molar-refractivity contribution is 6.33. The van der Waals surface area contributed by atoms with E-state index in [1.165, 1.54) is 12.7 Å². The van der Waals surface area contributed by atoms with Gasteiger partial charge in [-0.3, -0.25) is 4.79 Å². The van der Waals surface area contributed by atoms with E-state index in [9.17, 15) is 4.79 Å².